The van der Waals surface area contributed by atoms with Gasteiger partial charge in [0.1, 0.15) is 0 Å². The van der Waals surface area contributed by atoms with Crippen LogP contribution in [-0.4, -0.2) is 9.78 Å². The molecular weight excluding hydrogens is 232 g/mol. The van der Waals surface area contributed by atoms with Gasteiger partial charge in [-0.1, -0.05) is 31.5 Å². The maximum absolute atomic E-state index is 6.24. The van der Waals surface area contributed by atoms with Crippen LogP contribution < -0.4 is 0 Å². The summed E-state index contributed by atoms with van der Waals surface area (Å²) in [5.74, 6) is 0.480. The van der Waals surface area contributed by atoms with E-state index in [4.69, 9.17) is 11.6 Å². The van der Waals surface area contributed by atoms with Gasteiger partial charge in [0.25, 0.3) is 0 Å². The van der Waals surface area contributed by atoms with Crippen LogP contribution >= 0.6 is 11.6 Å². The molecule has 2 aromatic rings. The van der Waals surface area contributed by atoms with Gasteiger partial charge in [0, 0.05) is 6.20 Å². The van der Waals surface area contributed by atoms with Crippen molar-refractivity contribution in [3.05, 3.63) is 46.2 Å². The molecule has 0 atom stereocenters. The predicted octanol–water partition coefficient (Wildman–Crippen LogP) is 4.27. The number of aryl methyl sites for hydroxylation is 2. The van der Waals surface area contributed by atoms with Crippen molar-refractivity contribution in [2.45, 2.75) is 33.6 Å². The fourth-order valence-corrected chi connectivity index (χ4v) is 2.28. The predicted molar refractivity (Wildman–Crippen MR) is 72.1 cm³/mol. The first-order valence-corrected chi connectivity index (χ1v) is 6.19. The van der Waals surface area contributed by atoms with Crippen LogP contribution in [0.2, 0.25) is 5.02 Å². The summed E-state index contributed by atoms with van der Waals surface area (Å²) in [6, 6.07) is 6.02. The van der Waals surface area contributed by atoms with Crippen molar-refractivity contribution in [1.82, 2.24) is 9.78 Å². The zero-order valence-electron chi connectivity index (χ0n) is 10.7. The monoisotopic (exact) mass is 248 g/mol. The van der Waals surface area contributed by atoms with Crippen LogP contribution in [0.5, 0.6) is 0 Å². The zero-order chi connectivity index (χ0) is 12.6. The number of benzene rings is 1. The molecule has 90 valence electrons. The van der Waals surface area contributed by atoms with Gasteiger partial charge >= 0.3 is 0 Å². The largest absolute Gasteiger partial charge is 0.239 e. The number of nitrogens with zero attached hydrogens (tertiary/aromatic N) is 2. The first-order chi connectivity index (χ1) is 7.99. The van der Waals surface area contributed by atoms with E-state index < -0.39 is 0 Å². The van der Waals surface area contributed by atoms with E-state index in [-0.39, 0.29) is 0 Å². The second kappa shape index (κ2) is 4.53. The number of rotatable bonds is 2. The van der Waals surface area contributed by atoms with Crippen molar-refractivity contribution >= 4 is 11.6 Å². The minimum Gasteiger partial charge on any atom is -0.239 e. The summed E-state index contributed by atoms with van der Waals surface area (Å²) in [5, 5.41) is 5.26. The molecule has 1 aromatic carbocycles. The standard InChI is InChI=1S/C14H17ClN2/c1-9(2)12-8-17(16-11(12)4)14-6-5-10(3)7-13(14)15/h5-9H,1-4H3. The molecule has 17 heavy (non-hydrogen) atoms. The van der Waals surface area contributed by atoms with Gasteiger partial charge in [0.05, 0.1) is 16.4 Å². The van der Waals surface area contributed by atoms with Crippen LogP contribution in [0.3, 0.4) is 0 Å². The molecule has 1 heterocycles. The molecule has 0 unspecified atom stereocenters. The fraction of sp³-hybridized carbons (Fsp3) is 0.357. The lowest BCUT2D eigenvalue weighted by Gasteiger charge is -2.05. The molecule has 0 saturated heterocycles. The summed E-state index contributed by atoms with van der Waals surface area (Å²) < 4.78 is 1.87. The Bertz CT molecular complexity index is 541. The highest BCUT2D eigenvalue weighted by Gasteiger charge is 2.11. The van der Waals surface area contributed by atoms with Gasteiger partial charge in [-0.05, 0) is 43.0 Å². The van der Waals surface area contributed by atoms with Crippen molar-refractivity contribution < 1.29 is 0 Å². The second-order valence-corrected chi connectivity index (χ2v) is 5.13. The number of hydrogen-bond acceptors (Lipinski definition) is 1. The Morgan fingerprint density at radius 3 is 2.47 bits per heavy atom. The maximum Gasteiger partial charge on any atom is 0.0832 e. The molecule has 3 heteroatoms. The number of aromatic nitrogens is 2. The molecule has 0 aliphatic heterocycles. The van der Waals surface area contributed by atoms with Crippen LogP contribution in [0.15, 0.2) is 24.4 Å². The molecule has 0 N–H and O–H groups in total. The topological polar surface area (TPSA) is 17.8 Å². The van der Waals surface area contributed by atoms with E-state index in [1.54, 1.807) is 0 Å². The van der Waals surface area contributed by atoms with Gasteiger partial charge in [-0.25, -0.2) is 4.68 Å². The van der Waals surface area contributed by atoms with E-state index in [1.807, 2.05) is 36.7 Å². The first-order valence-electron chi connectivity index (χ1n) is 5.81. The quantitative estimate of drug-likeness (QED) is 0.776. The minimum absolute atomic E-state index is 0.480. The highest BCUT2D eigenvalue weighted by atomic mass is 35.5. The average Bonchev–Trinajstić information content (AvgIpc) is 2.60. The van der Waals surface area contributed by atoms with E-state index in [9.17, 15) is 0 Å². The molecule has 0 aliphatic carbocycles. The van der Waals surface area contributed by atoms with Crippen molar-refractivity contribution in [3.8, 4) is 5.69 Å². The van der Waals surface area contributed by atoms with Gasteiger partial charge in [-0.3, -0.25) is 0 Å². The van der Waals surface area contributed by atoms with E-state index >= 15 is 0 Å². The molecule has 0 spiro atoms. The summed E-state index contributed by atoms with van der Waals surface area (Å²) in [5.41, 5.74) is 4.43. The van der Waals surface area contributed by atoms with E-state index in [1.165, 1.54) is 5.56 Å². The summed E-state index contributed by atoms with van der Waals surface area (Å²) in [7, 11) is 0. The number of halogens is 1. The molecule has 0 radical (unpaired) electrons. The third-order valence-corrected chi connectivity index (χ3v) is 3.21. The van der Waals surface area contributed by atoms with Gasteiger partial charge in [0.2, 0.25) is 0 Å². The van der Waals surface area contributed by atoms with Crippen LogP contribution in [0.1, 0.15) is 36.6 Å². The third kappa shape index (κ3) is 2.37. The lowest BCUT2D eigenvalue weighted by Crippen LogP contribution is -1.96. The Balaban J connectivity index is 2.50. The Morgan fingerprint density at radius 2 is 1.94 bits per heavy atom. The van der Waals surface area contributed by atoms with Gasteiger partial charge < -0.3 is 0 Å². The lowest BCUT2D eigenvalue weighted by atomic mass is 10.1. The smallest absolute Gasteiger partial charge is 0.0832 e. The number of hydrogen-bond donors (Lipinski definition) is 0. The van der Waals surface area contributed by atoms with Crippen molar-refractivity contribution in [2.24, 2.45) is 0 Å². The zero-order valence-corrected chi connectivity index (χ0v) is 11.4. The van der Waals surface area contributed by atoms with Crippen LogP contribution in [-0.2, 0) is 0 Å². The third-order valence-electron chi connectivity index (χ3n) is 2.91. The molecule has 0 saturated carbocycles. The normalized spacial score (nSPS) is 11.2. The van der Waals surface area contributed by atoms with Crippen molar-refractivity contribution in [1.29, 1.82) is 0 Å². The molecule has 2 nitrogen and oxygen atoms in total. The molecular formula is C14H17ClN2. The summed E-state index contributed by atoms with van der Waals surface area (Å²) in [6.45, 7) is 8.41. The van der Waals surface area contributed by atoms with Crippen LogP contribution in [0.25, 0.3) is 5.69 Å². The molecule has 2 rings (SSSR count). The molecule has 0 bridgehead atoms. The second-order valence-electron chi connectivity index (χ2n) is 4.72. The summed E-state index contributed by atoms with van der Waals surface area (Å²) in [6.07, 6.45) is 2.07. The Kier molecular flexibility index (Phi) is 3.25. The SMILES string of the molecule is Cc1ccc(-n2cc(C(C)C)c(C)n2)c(Cl)c1. The van der Waals surface area contributed by atoms with E-state index in [0.29, 0.717) is 5.92 Å². The van der Waals surface area contributed by atoms with Crippen molar-refractivity contribution in [3.63, 3.8) is 0 Å². The summed E-state index contributed by atoms with van der Waals surface area (Å²) in [4.78, 5) is 0. The van der Waals surface area contributed by atoms with E-state index in [0.717, 1.165) is 22.0 Å². The van der Waals surface area contributed by atoms with Gasteiger partial charge in [0.15, 0.2) is 0 Å². The molecule has 0 fully saturated rings. The van der Waals surface area contributed by atoms with Gasteiger partial charge in [-0.2, -0.15) is 5.10 Å². The molecule has 0 amide bonds. The molecule has 0 aliphatic rings. The highest BCUT2D eigenvalue weighted by Crippen LogP contribution is 2.24. The van der Waals surface area contributed by atoms with Crippen LogP contribution in [0, 0.1) is 13.8 Å². The van der Waals surface area contributed by atoms with Crippen molar-refractivity contribution in [2.75, 3.05) is 0 Å². The van der Waals surface area contributed by atoms with E-state index in [2.05, 4.69) is 25.1 Å². The lowest BCUT2D eigenvalue weighted by molar-refractivity contribution is 0.857. The fourth-order valence-electron chi connectivity index (χ4n) is 1.96. The maximum atomic E-state index is 6.24. The average molecular weight is 249 g/mol. The van der Waals surface area contributed by atoms with Crippen LogP contribution in [0.4, 0.5) is 0 Å². The summed E-state index contributed by atoms with van der Waals surface area (Å²) >= 11 is 6.24. The highest BCUT2D eigenvalue weighted by molar-refractivity contribution is 6.32. The van der Waals surface area contributed by atoms with Gasteiger partial charge in [-0.15, -0.1) is 0 Å². The minimum atomic E-state index is 0.480. The first kappa shape index (κ1) is 12.2. The molecule has 1 aromatic heterocycles. The Hall–Kier alpha value is -1.28. The Labute approximate surface area is 107 Å². The Morgan fingerprint density at radius 1 is 1.24 bits per heavy atom.